The molecule has 0 amide bonds. The normalized spacial score (nSPS) is 22.3. The summed E-state index contributed by atoms with van der Waals surface area (Å²) in [5, 5.41) is 0. The van der Waals surface area contributed by atoms with Gasteiger partial charge in [-0.25, -0.2) is 4.39 Å². The largest absolute Gasteiger partial charge is 0.466 e. The number of ether oxygens (including phenoxy) is 1. The number of esters is 1. The molecule has 0 aliphatic heterocycles. The minimum absolute atomic E-state index is 0.0976. The summed E-state index contributed by atoms with van der Waals surface area (Å²) in [5.41, 5.74) is 0.994. The summed E-state index contributed by atoms with van der Waals surface area (Å²) in [4.78, 5) is 11.6. The van der Waals surface area contributed by atoms with Crippen LogP contribution in [0.5, 0.6) is 0 Å². The van der Waals surface area contributed by atoms with Crippen LogP contribution in [0.15, 0.2) is 30.3 Å². The molecule has 2 rings (SSSR count). The topological polar surface area (TPSA) is 26.3 Å². The van der Waals surface area contributed by atoms with Gasteiger partial charge in [0, 0.05) is 6.42 Å². The lowest BCUT2D eigenvalue weighted by Crippen LogP contribution is -2.14. The molecular weight excluding hydrogens is 255 g/mol. The monoisotopic (exact) mass is 276 g/mol. The summed E-state index contributed by atoms with van der Waals surface area (Å²) >= 11 is 0. The van der Waals surface area contributed by atoms with Crippen molar-refractivity contribution in [3.8, 4) is 0 Å². The average molecular weight is 276 g/mol. The minimum atomic E-state index is -0.219. The van der Waals surface area contributed by atoms with Gasteiger partial charge in [0.1, 0.15) is 5.82 Å². The van der Waals surface area contributed by atoms with Crippen molar-refractivity contribution in [2.75, 3.05) is 6.61 Å². The van der Waals surface area contributed by atoms with Crippen LogP contribution in [0, 0.1) is 17.7 Å². The lowest BCUT2D eigenvalue weighted by atomic mass is 9.92. The lowest BCUT2D eigenvalue weighted by molar-refractivity contribution is -0.144. The quantitative estimate of drug-likeness (QED) is 0.753. The Bertz CT molecular complexity index is 464. The predicted molar refractivity (Wildman–Crippen MR) is 77.5 cm³/mol. The van der Waals surface area contributed by atoms with Gasteiger partial charge in [0.05, 0.1) is 6.61 Å². The van der Waals surface area contributed by atoms with Gasteiger partial charge in [-0.2, -0.15) is 0 Å². The van der Waals surface area contributed by atoms with Crippen LogP contribution in [0.3, 0.4) is 0 Å². The van der Waals surface area contributed by atoms with Gasteiger partial charge < -0.3 is 4.74 Å². The van der Waals surface area contributed by atoms with E-state index >= 15 is 0 Å². The van der Waals surface area contributed by atoms with Crippen LogP contribution in [0.2, 0.25) is 0 Å². The van der Waals surface area contributed by atoms with E-state index in [4.69, 9.17) is 4.74 Å². The van der Waals surface area contributed by atoms with Crippen molar-refractivity contribution in [2.24, 2.45) is 11.8 Å². The van der Waals surface area contributed by atoms with Crippen molar-refractivity contribution in [1.82, 2.24) is 0 Å². The van der Waals surface area contributed by atoms with E-state index in [1.54, 1.807) is 12.1 Å². The minimum Gasteiger partial charge on any atom is -0.466 e. The lowest BCUT2D eigenvalue weighted by Gasteiger charge is -2.15. The van der Waals surface area contributed by atoms with E-state index in [2.05, 4.69) is 6.08 Å². The van der Waals surface area contributed by atoms with E-state index in [-0.39, 0.29) is 11.8 Å². The highest BCUT2D eigenvalue weighted by atomic mass is 19.1. The van der Waals surface area contributed by atoms with Gasteiger partial charge in [-0.05, 0) is 49.3 Å². The molecule has 20 heavy (non-hydrogen) atoms. The van der Waals surface area contributed by atoms with Gasteiger partial charge in [-0.15, -0.1) is 0 Å². The molecule has 0 radical (unpaired) electrons. The average Bonchev–Trinajstić information content (AvgIpc) is 2.86. The van der Waals surface area contributed by atoms with E-state index in [9.17, 15) is 9.18 Å². The molecule has 1 aliphatic carbocycles. The highest BCUT2D eigenvalue weighted by Gasteiger charge is 2.27. The van der Waals surface area contributed by atoms with E-state index in [0.717, 1.165) is 24.8 Å². The molecular formula is C17H21FO2. The van der Waals surface area contributed by atoms with Gasteiger partial charge in [-0.1, -0.05) is 30.7 Å². The maximum Gasteiger partial charge on any atom is 0.306 e. The molecule has 2 atom stereocenters. The van der Waals surface area contributed by atoms with Gasteiger partial charge in [0.15, 0.2) is 0 Å². The van der Waals surface area contributed by atoms with E-state index in [1.807, 2.05) is 13.0 Å². The zero-order valence-electron chi connectivity index (χ0n) is 11.8. The maximum atomic E-state index is 12.8. The molecule has 0 aromatic heterocycles. The van der Waals surface area contributed by atoms with Crippen LogP contribution in [0.4, 0.5) is 4.39 Å². The zero-order valence-corrected chi connectivity index (χ0v) is 11.8. The van der Waals surface area contributed by atoms with Crippen molar-refractivity contribution in [1.29, 1.82) is 0 Å². The molecule has 1 saturated carbocycles. The summed E-state index contributed by atoms with van der Waals surface area (Å²) < 4.78 is 17.9. The van der Waals surface area contributed by atoms with Crippen LogP contribution >= 0.6 is 0 Å². The van der Waals surface area contributed by atoms with Gasteiger partial charge >= 0.3 is 5.97 Å². The Morgan fingerprint density at radius 2 is 2.10 bits per heavy atom. The van der Waals surface area contributed by atoms with Crippen molar-refractivity contribution in [2.45, 2.75) is 32.6 Å². The second-order valence-electron chi connectivity index (χ2n) is 5.27. The van der Waals surface area contributed by atoms with Crippen molar-refractivity contribution >= 4 is 12.0 Å². The van der Waals surface area contributed by atoms with Crippen LogP contribution in [0.25, 0.3) is 6.08 Å². The van der Waals surface area contributed by atoms with Crippen molar-refractivity contribution in [3.05, 3.63) is 41.7 Å². The number of rotatable bonds is 5. The Hall–Kier alpha value is -1.64. The van der Waals surface area contributed by atoms with Crippen LogP contribution in [0.1, 0.15) is 38.2 Å². The highest BCUT2D eigenvalue weighted by molar-refractivity contribution is 5.69. The van der Waals surface area contributed by atoms with Gasteiger partial charge in [0.25, 0.3) is 0 Å². The predicted octanol–water partition coefficient (Wildman–Crippen LogP) is 4.21. The van der Waals surface area contributed by atoms with Crippen LogP contribution in [-0.4, -0.2) is 12.6 Å². The van der Waals surface area contributed by atoms with E-state index in [0.29, 0.717) is 24.9 Å². The SMILES string of the molecule is CCOC(=O)CC1CCCC1C=Cc1ccc(F)cc1. The summed E-state index contributed by atoms with van der Waals surface area (Å²) in [6.45, 7) is 2.28. The van der Waals surface area contributed by atoms with E-state index in [1.165, 1.54) is 12.1 Å². The first-order valence-corrected chi connectivity index (χ1v) is 7.28. The number of halogens is 1. The summed E-state index contributed by atoms with van der Waals surface area (Å²) in [6.07, 6.45) is 8.03. The first kappa shape index (κ1) is 14.8. The van der Waals surface area contributed by atoms with Gasteiger partial charge in [-0.3, -0.25) is 4.79 Å². The second kappa shape index (κ2) is 7.22. The van der Waals surface area contributed by atoms with E-state index < -0.39 is 0 Å². The molecule has 0 spiro atoms. The van der Waals surface area contributed by atoms with Crippen LogP contribution in [-0.2, 0) is 9.53 Å². The fourth-order valence-corrected chi connectivity index (χ4v) is 2.81. The third-order valence-corrected chi connectivity index (χ3v) is 3.86. The fraction of sp³-hybridized carbons (Fsp3) is 0.471. The summed E-state index contributed by atoms with van der Waals surface area (Å²) in [5.74, 6) is 0.484. The molecule has 1 aliphatic rings. The molecule has 0 N–H and O–H groups in total. The number of carbonyl (C=O) groups is 1. The highest BCUT2D eigenvalue weighted by Crippen LogP contribution is 2.35. The Morgan fingerprint density at radius 3 is 2.80 bits per heavy atom. The third kappa shape index (κ3) is 4.19. The molecule has 0 saturated heterocycles. The van der Waals surface area contributed by atoms with Gasteiger partial charge in [0.2, 0.25) is 0 Å². The number of allylic oxidation sites excluding steroid dienone is 1. The summed E-state index contributed by atoms with van der Waals surface area (Å²) in [7, 11) is 0. The Labute approximate surface area is 119 Å². The first-order valence-electron chi connectivity index (χ1n) is 7.28. The van der Waals surface area contributed by atoms with Crippen molar-refractivity contribution < 1.29 is 13.9 Å². The molecule has 1 aromatic rings. The fourth-order valence-electron chi connectivity index (χ4n) is 2.81. The summed E-state index contributed by atoms with van der Waals surface area (Å²) in [6, 6.07) is 6.46. The molecule has 0 bridgehead atoms. The molecule has 2 nitrogen and oxygen atoms in total. The maximum absolute atomic E-state index is 12.8. The zero-order chi connectivity index (χ0) is 14.4. The number of hydrogen-bond donors (Lipinski definition) is 0. The Balaban J connectivity index is 1.93. The molecule has 1 aromatic carbocycles. The molecule has 3 heteroatoms. The molecule has 108 valence electrons. The number of carbonyl (C=O) groups excluding carboxylic acids is 1. The molecule has 2 unspecified atom stereocenters. The van der Waals surface area contributed by atoms with Crippen LogP contribution < -0.4 is 0 Å². The smallest absolute Gasteiger partial charge is 0.306 e. The Kier molecular flexibility index (Phi) is 5.33. The number of hydrogen-bond acceptors (Lipinski definition) is 2. The van der Waals surface area contributed by atoms with Crippen molar-refractivity contribution in [3.63, 3.8) is 0 Å². The first-order chi connectivity index (χ1) is 9.69. The number of benzene rings is 1. The molecule has 1 fully saturated rings. The standard InChI is InChI=1S/C17H21FO2/c1-2-20-17(19)12-15-5-3-4-14(15)9-6-13-7-10-16(18)11-8-13/h6-11,14-15H,2-5,12H2,1H3. The third-order valence-electron chi connectivity index (χ3n) is 3.86. The second-order valence-corrected chi connectivity index (χ2v) is 5.27. The Morgan fingerprint density at radius 1 is 1.35 bits per heavy atom. The molecule has 0 heterocycles.